The quantitative estimate of drug-likeness (QED) is 0.235. The number of aromatic nitrogens is 3. The number of carbonyl (C=O) groups excluding carboxylic acids is 1. The highest BCUT2D eigenvalue weighted by molar-refractivity contribution is 5.71. The average Bonchev–Trinajstić information content (AvgIpc) is 3.31. The van der Waals surface area contributed by atoms with Gasteiger partial charge in [-0.25, -0.2) is 0 Å². The maximum Gasteiger partial charge on any atom is 0.306 e. The molecule has 34 heavy (non-hydrogen) atoms. The van der Waals surface area contributed by atoms with E-state index in [1.807, 2.05) is 20.8 Å². The first kappa shape index (κ1) is 26.4. The summed E-state index contributed by atoms with van der Waals surface area (Å²) in [5, 5.41) is 8.62. The molecule has 0 saturated heterocycles. The van der Waals surface area contributed by atoms with Gasteiger partial charge < -0.3 is 18.5 Å². The van der Waals surface area contributed by atoms with Crippen LogP contribution in [0.4, 0.5) is 0 Å². The Hall–Kier alpha value is -2.22. The fourth-order valence-corrected chi connectivity index (χ4v) is 4.01. The summed E-state index contributed by atoms with van der Waals surface area (Å²) in [7, 11) is 0. The Labute approximate surface area is 203 Å². The van der Waals surface area contributed by atoms with Crippen LogP contribution in [-0.4, -0.2) is 40.1 Å². The number of nitrogens with zero attached hydrogens (tertiary/aromatic N) is 3. The third-order valence-corrected chi connectivity index (χ3v) is 5.70. The lowest BCUT2D eigenvalue weighted by molar-refractivity contribution is -0.155. The molecule has 1 aliphatic carbocycles. The first-order valence-corrected chi connectivity index (χ1v) is 12.8. The van der Waals surface area contributed by atoms with Crippen molar-refractivity contribution in [1.29, 1.82) is 0 Å². The van der Waals surface area contributed by atoms with Crippen molar-refractivity contribution in [3.8, 4) is 11.6 Å². The molecule has 0 radical (unpaired) electrons. The summed E-state index contributed by atoms with van der Waals surface area (Å²) in [6.07, 6.45) is 6.88. The predicted octanol–water partition coefficient (Wildman–Crippen LogP) is 6.21. The number of carbonyl (C=O) groups is 1. The molecule has 0 amide bonds. The minimum Gasteiger partial charge on any atom is -0.460 e. The zero-order valence-corrected chi connectivity index (χ0v) is 21.7. The molecule has 0 unspecified atom stereocenters. The molecule has 8 heteroatoms. The van der Waals surface area contributed by atoms with Crippen molar-refractivity contribution in [3.05, 3.63) is 17.1 Å². The summed E-state index contributed by atoms with van der Waals surface area (Å²) < 4.78 is 22.6. The van der Waals surface area contributed by atoms with E-state index in [2.05, 4.69) is 36.1 Å². The molecule has 0 N–H and O–H groups in total. The highest BCUT2D eigenvalue weighted by Crippen LogP contribution is 2.48. The molecule has 0 spiro atoms. The molecule has 1 atom stereocenters. The summed E-state index contributed by atoms with van der Waals surface area (Å²) in [4.78, 5) is 17.3. The van der Waals surface area contributed by atoms with Crippen LogP contribution in [0.25, 0.3) is 11.6 Å². The van der Waals surface area contributed by atoms with Crippen molar-refractivity contribution in [2.24, 2.45) is 5.92 Å². The van der Waals surface area contributed by atoms with Crippen molar-refractivity contribution in [2.45, 2.75) is 110 Å². The monoisotopic (exact) mass is 475 g/mol. The Morgan fingerprint density at radius 3 is 2.50 bits per heavy atom. The second-order valence-corrected chi connectivity index (χ2v) is 10.8. The van der Waals surface area contributed by atoms with Crippen LogP contribution in [0.15, 0.2) is 9.05 Å². The summed E-state index contributed by atoms with van der Waals surface area (Å²) in [6.45, 7) is 13.5. The van der Waals surface area contributed by atoms with E-state index in [1.54, 1.807) is 0 Å². The van der Waals surface area contributed by atoms with Crippen LogP contribution in [0.1, 0.15) is 115 Å². The molecule has 2 heterocycles. The molecule has 0 aliphatic heterocycles. The van der Waals surface area contributed by atoms with Gasteiger partial charge in [-0.05, 0) is 64.7 Å². The van der Waals surface area contributed by atoms with Crippen molar-refractivity contribution in [2.75, 3.05) is 13.2 Å². The minimum absolute atomic E-state index is 0.111. The summed E-state index contributed by atoms with van der Waals surface area (Å²) in [5.74, 6) is 2.04. The van der Waals surface area contributed by atoms with Crippen LogP contribution in [0.5, 0.6) is 0 Å². The topological polar surface area (TPSA) is 100 Å². The fraction of sp³-hybridized carbons (Fsp3) is 0.769. The second kappa shape index (κ2) is 12.0. The van der Waals surface area contributed by atoms with Crippen LogP contribution in [0, 0.1) is 5.92 Å². The highest BCUT2D eigenvalue weighted by atomic mass is 16.6. The molecule has 3 rings (SSSR count). The summed E-state index contributed by atoms with van der Waals surface area (Å²) >= 11 is 0. The predicted molar refractivity (Wildman–Crippen MR) is 128 cm³/mol. The first-order chi connectivity index (χ1) is 16.2. The molecule has 2 aromatic rings. The Balaban J connectivity index is 1.81. The van der Waals surface area contributed by atoms with Gasteiger partial charge in [0.2, 0.25) is 17.5 Å². The van der Waals surface area contributed by atoms with Crippen LogP contribution in [0.3, 0.4) is 0 Å². The van der Waals surface area contributed by atoms with E-state index in [4.69, 9.17) is 18.5 Å². The molecule has 0 bridgehead atoms. The number of unbranched alkanes of at least 4 members (excludes halogenated alkanes) is 1. The van der Waals surface area contributed by atoms with E-state index in [0.29, 0.717) is 42.3 Å². The van der Waals surface area contributed by atoms with Gasteiger partial charge in [0, 0.05) is 31.1 Å². The van der Waals surface area contributed by atoms with Crippen LogP contribution in [-0.2, 0) is 20.7 Å². The molecule has 0 aromatic carbocycles. The zero-order valence-electron chi connectivity index (χ0n) is 21.7. The Morgan fingerprint density at radius 2 is 1.85 bits per heavy atom. The van der Waals surface area contributed by atoms with Crippen LogP contribution < -0.4 is 0 Å². The molecule has 1 saturated carbocycles. The van der Waals surface area contributed by atoms with Gasteiger partial charge in [0.1, 0.15) is 5.60 Å². The smallest absolute Gasteiger partial charge is 0.306 e. The van der Waals surface area contributed by atoms with E-state index < -0.39 is 5.60 Å². The number of rotatable bonds is 14. The van der Waals surface area contributed by atoms with E-state index in [-0.39, 0.29) is 18.3 Å². The molecule has 190 valence electrons. The number of esters is 1. The van der Waals surface area contributed by atoms with Crippen molar-refractivity contribution in [3.63, 3.8) is 0 Å². The van der Waals surface area contributed by atoms with Crippen molar-refractivity contribution < 1.29 is 23.3 Å². The Bertz CT molecular complexity index is 908. The van der Waals surface area contributed by atoms with Gasteiger partial charge in [0.25, 0.3) is 0 Å². The normalized spacial score (nSPS) is 15.1. The summed E-state index contributed by atoms with van der Waals surface area (Å²) in [5.41, 5.74) is 1.32. The maximum atomic E-state index is 12.7. The SMILES string of the molecule is CCCCOCCC[C@@H](CC(=O)OC(C)(C)C)c1noc(-c2noc(CC(C)C)n2)c1C1CC1. The van der Waals surface area contributed by atoms with Gasteiger partial charge in [0.05, 0.1) is 12.1 Å². The highest BCUT2D eigenvalue weighted by Gasteiger charge is 2.37. The van der Waals surface area contributed by atoms with Gasteiger partial charge >= 0.3 is 5.97 Å². The lowest BCUT2D eigenvalue weighted by Crippen LogP contribution is -2.25. The van der Waals surface area contributed by atoms with E-state index >= 15 is 0 Å². The molecule has 2 aromatic heterocycles. The van der Waals surface area contributed by atoms with Gasteiger partial charge in [-0.15, -0.1) is 0 Å². The molecule has 1 aliphatic rings. The van der Waals surface area contributed by atoms with Gasteiger partial charge in [-0.2, -0.15) is 4.98 Å². The lowest BCUT2D eigenvalue weighted by atomic mass is 9.90. The summed E-state index contributed by atoms with van der Waals surface area (Å²) in [6, 6.07) is 0. The number of hydrogen-bond donors (Lipinski definition) is 0. The largest absolute Gasteiger partial charge is 0.460 e. The molecule has 8 nitrogen and oxygen atoms in total. The van der Waals surface area contributed by atoms with Crippen molar-refractivity contribution >= 4 is 5.97 Å². The Kier molecular flexibility index (Phi) is 9.28. The standard InChI is InChI=1S/C26H41N3O5/c1-7-8-13-31-14-9-10-19(16-21(30)32-26(4,5)6)23-22(18-11-12-18)24(34-28-23)25-27-20(33-29-25)15-17(2)3/h17-19H,7-16H2,1-6H3/t19-/m0/s1. The lowest BCUT2D eigenvalue weighted by Gasteiger charge is -2.22. The van der Waals surface area contributed by atoms with Crippen LogP contribution in [0.2, 0.25) is 0 Å². The van der Waals surface area contributed by atoms with Gasteiger partial charge in [-0.3, -0.25) is 4.79 Å². The Morgan fingerprint density at radius 1 is 1.12 bits per heavy atom. The molecular weight excluding hydrogens is 434 g/mol. The third-order valence-electron chi connectivity index (χ3n) is 5.70. The minimum atomic E-state index is -0.531. The number of hydrogen-bond acceptors (Lipinski definition) is 8. The first-order valence-electron chi connectivity index (χ1n) is 12.8. The molecular formula is C26H41N3O5. The van der Waals surface area contributed by atoms with Crippen molar-refractivity contribution in [1.82, 2.24) is 15.3 Å². The number of ether oxygens (including phenoxy) is 2. The molecule has 1 fully saturated rings. The van der Waals surface area contributed by atoms with E-state index in [9.17, 15) is 4.79 Å². The fourth-order valence-electron chi connectivity index (χ4n) is 4.01. The second-order valence-electron chi connectivity index (χ2n) is 10.8. The zero-order chi connectivity index (χ0) is 24.7. The van der Waals surface area contributed by atoms with E-state index in [1.165, 1.54) is 0 Å². The third kappa shape index (κ3) is 7.93. The van der Waals surface area contributed by atoms with Gasteiger partial charge in [0.15, 0.2) is 0 Å². The van der Waals surface area contributed by atoms with Crippen LogP contribution >= 0.6 is 0 Å². The maximum absolute atomic E-state index is 12.7. The van der Waals surface area contributed by atoms with E-state index in [0.717, 1.165) is 56.4 Å². The average molecular weight is 476 g/mol. The van der Waals surface area contributed by atoms with Gasteiger partial charge in [-0.1, -0.05) is 37.5 Å².